The quantitative estimate of drug-likeness (QED) is 0.881. The highest BCUT2D eigenvalue weighted by Gasteiger charge is 2.43. The van der Waals surface area contributed by atoms with Crippen molar-refractivity contribution < 1.29 is 9.50 Å². The average molecular weight is 282 g/mol. The predicted octanol–water partition coefficient (Wildman–Crippen LogP) is 4.23. The maximum Gasteiger partial charge on any atom is 0.130 e. The zero-order valence-electron chi connectivity index (χ0n) is 10.9. The van der Waals surface area contributed by atoms with Crippen LogP contribution in [0.4, 0.5) is 4.39 Å². The number of hydrogen-bond acceptors (Lipinski definition) is 2. The SMILES string of the molecule is CC1CCCC(C#N)(C(O)c2c(F)cccc2Cl)C1. The van der Waals surface area contributed by atoms with E-state index in [0.29, 0.717) is 18.8 Å². The molecule has 0 aliphatic heterocycles. The molecule has 1 aromatic rings. The summed E-state index contributed by atoms with van der Waals surface area (Å²) in [6.07, 6.45) is 1.91. The number of aliphatic hydroxyl groups excluding tert-OH is 1. The maximum atomic E-state index is 13.9. The summed E-state index contributed by atoms with van der Waals surface area (Å²) in [6, 6.07) is 6.53. The van der Waals surface area contributed by atoms with Crippen LogP contribution in [0.5, 0.6) is 0 Å². The minimum atomic E-state index is -1.17. The van der Waals surface area contributed by atoms with Gasteiger partial charge in [0, 0.05) is 10.6 Å². The Morgan fingerprint density at radius 3 is 2.89 bits per heavy atom. The van der Waals surface area contributed by atoms with Gasteiger partial charge in [0.25, 0.3) is 0 Å². The van der Waals surface area contributed by atoms with E-state index in [1.165, 1.54) is 12.1 Å². The van der Waals surface area contributed by atoms with E-state index < -0.39 is 17.3 Å². The van der Waals surface area contributed by atoms with E-state index in [9.17, 15) is 14.8 Å². The lowest BCUT2D eigenvalue weighted by atomic mass is 9.66. The summed E-state index contributed by atoms with van der Waals surface area (Å²) in [4.78, 5) is 0. The lowest BCUT2D eigenvalue weighted by molar-refractivity contribution is 0.0196. The Morgan fingerprint density at radius 2 is 2.32 bits per heavy atom. The molecular formula is C15H17ClFNO. The monoisotopic (exact) mass is 281 g/mol. The Bertz CT molecular complexity index is 493. The molecule has 19 heavy (non-hydrogen) atoms. The number of aliphatic hydroxyl groups is 1. The first kappa shape index (κ1) is 14.3. The molecule has 4 heteroatoms. The zero-order chi connectivity index (χ0) is 14.0. The van der Waals surface area contributed by atoms with Crippen LogP contribution in [0.1, 0.15) is 44.3 Å². The average Bonchev–Trinajstić information content (AvgIpc) is 2.38. The largest absolute Gasteiger partial charge is 0.387 e. The summed E-state index contributed by atoms with van der Waals surface area (Å²) in [7, 11) is 0. The summed E-state index contributed by atoms with van der Waals surface area (Å²) in [5, 5.41) is 20.2. The van der Waals surface area contributed by atoms with Crippen molar-refractivity contribution in [2.75, 3.05) is 0 Å². The second kappa shape index (κ2) is 5.48. The van der Waals surface area contributed by atoms with E-state index in [4.69, 9.17) is 11.6 Å². The molecule has 0 heterocycles. The van der Waals surface area contributed by atoms with Gasteiger partial charge in [0.05, 0.1) is 11.5 Å². The number of nitrogens with zero attached hydrogens (tertiary/aromatic N) is 1. The van der Waals surface area contributed by atoms with Gasteiger partial charge >= 0.3 is 0 Å². The van der Waals surface area contributed by atoms with Crippen molar-refractivity contribution in [3.63, 3.8) is 0 Å². The van der Waals surface area contributed by atoms with Gasteiger partial charge in [-0.1, -0.05) is 37.4 Å². The molecule has 0 aromatic heterocycles. The summed E-state index contributed by atoms with van der Waals surface area (Å²) in [5.41, 5.74) is -0.872. The van der Waals surface area contributed by atoms with Gasteiger partial charge in [-0.25, -0.2) is 4.39 Å². The second-order valence-corrected chi connectivity index (χ2v) is 5.91. The van der Waals surface area contributed by atoms with Crippen LogP contribution in [0.15, 0.2) is 18.2 Å². The first-order chi connectivity index (χ1) is 9.00. The number of rotatable bonds is 2. The highest BCUT2D eigenvalue weighted by atomic mass is 35.5. The van der Waals surface area contributed by atoms with Crippen molar-refractivity contribution in [1.29, 1.82) is 5.26 Å². The molecule has 1 aliphatic rings. The molecule has 0 amide bonds. The fourth-order valence-corrected chi connectivity index (χ4v) is 3.32. The first-order valence-electron chi connectivity index (χ1n) is 6.53. The van der Waals surface area contributed by atoms with Crippen LogP contribution in [-0.2, 0) is 0 Å². The third-order valence-corrected chi connectivity index (χ3v) is 4.38. The van der Waals surface area contributed by atoms with Crippen LogP contribution < -0.4 is 0 Å². The van der Waals surface area contributed by atoms with Crippen molar-refractivity contribution in [3.05, 3.63) is 34.6 Å². The van der Waals surface area contributed by atoms with Crippen LogP contribution in [0, 0.1) is 28.5 Å². The molecule has 2 nitrogen and oxygen atoms in total. The minimum absolute atomic E-state index is 0.0554. The van der Waals surface area contributed by atoms with E-state index in [0.717, 1.165) is 12.8 Å². The molecule has 3 atom stereocenters. The van der Waals surface area contributed by atoms with Gasteiger partial charge in [0.15, 0.2) is 0 Å². The highest BCUT2D eigenvalue weighted by molar-refractivity contribution is 6.31. The summed E-state index contributed by atoms with van der Waals surface area (Å²) < 4.78 is 13.9. The van der Waals surface area contributed by atoms with Crippen LogP contribution in [-0.4, -0.2) is 5.11 Å². The van der Waals surface area contributed by atoms with Gasteiger partial charge < -0.3 is 5.11 Å². The molecule has 1 aromatic carbocycles. The second-order valence-electron chi connectivity index (χ2n) is 5.51. The molecule has 0 saturated heterocycles. The van der Waals surface area contributed by atoms with Crippen molar-refractivity contribution in [1.82, 2.24) is 0 Å². The normalized spacial score (nSPS) is 28.7. The molecule has 1 saturated carbocycles. The molecule has 3 unspecified atom stereocenters. The van der Waals surface area contributed by atoms with Crippen molar-refractivity contribution in [2.45, 2.75) is 38.7 Å². The minimum Gasteiger partial charge on any atom is -0.387 e. The first-order valence-corrected chi connectivity index (χ1v) is 6.91. The number of nitriles is 1. The van der Waals surface area contributed by atoms with Gasteiger partial charge in [-0.3, -0.25) is 0 Å². The van der Waals surface area contributed by atoms with Crippen LogP contribution >= 0.6 is 11.6 Å². The lowest BCUT2D eigenvalue weighted by Crippen LogP contribution is -2.33. The predicted molar refractivity (Wildman–Crippen MR) is 72.0 cm³/mol. The molecular weight excluding hydrogens is 265 g/mol. The number of hydrogen-bond donors (Lipinski definition) is 1. The molecule has 102 valence electrons. The molecule has 1 fully saturated rings. The van der Waals surface area contributed by atoms with E-state index in [1.54, 1.807) is 6.07 Å². The molecule has 2 rings (SSSR count). The van der Waals surface area contributed by atoms with Gasteiger partial charge in [-0.05, 0) is 30.9 Å². The number of benzene rings is 1. The topological polar surface area (TPSA) is 44.0 Å². The third kappa shape index (κ3) is 2.61. The van der Waals surface area contributed by atoms with Crippen LogP contribution in [0.3, 0.4) is 0 Å². The van der Waals surface area contributed by atoms with E-state index in [2.05, 4.69) is 13.0 Å². The van der Waals surface area contributed by atoms with E-state index >= 15 is 0 Å². The van der Waals surface area contributed by atoms with Gasteiger partial charge in [0.2, 0.25) is 0 Å². The Morgan fingerprint density at radius 1 is 1.58 bits per heavy atom. The molecule has 0 radical (unpaired) electrons. The van der Waals surface area contributed by atoms with Crippen molar-refractivity contribution in [3.8, 4) is 6.07 Å². The van der Waals surface area contributed by atoms with E-state index in [-0.39, 0.29) is 10.6 Å². The number of halogens is 2. The molecule has 1 N–H and O–H groups in total. The fourth-order valence-electron chi connectivity index (χ4n) is 3.05. The highest BCUT2D eigenvalue weighted by Crippen LogP contribution is 2.49. The Kier molecular flexibility index (Phi) is 4.13. The maximum absolute atomic E-state index is 13.9. The standard InChI is InChI=1S/C15H17ClFNO/c1-10-4-3-7-15(8-10,9-18)14(19)13-11(16)5-2-6-12(13)17/h2,5-6,10,14,19H,3-4,7-8H2,1H3. The summed E-state index contributed by atoms with van der Waals surface area (Å²) in [5.74, 6) is -0.193. The van der Waals surface area contributed by atoms with Crippen LogP contribution in [0.25, 0.3) is 0 Å². The van der Waals surface area contributed by atoms with E-state index in [1.807, 2.05) is 0 Å². The van der Waals surface area contributed by atoms with Gasteiger partial charge in [0.1, 0.15) is 11.9 Å². The van der Waals surface area contributed by atoms with Gasteiger partial charge in [-0.15, -0.1) is 0 Å². The summed E-state index contributed by atoms with van der Waals surface area (Å²) in [6.45, 7) is 2.06. The Hall–Kier alpha value is -1.11. The molecule has 0 spiro atoms. The zero-order valence-corrected chi connectivity index (χ0v) is 11.6. The fraction of sp³-hybridized carbons (Fsp3) is 0.533. The molecule has 1 aliphatic carbocycles. The summed E-state index contributed by atoms with van der Waals surface area (Å²) >= 11 is 5.99. The van der Waals surface area contributed by atoms with Crippen LogP contribution in [0.2, 0.25) is 5.02 Å². The Labute approximate surface area is 117 Å². The Balaban J connectivity index is 2.41. The third-order valence-electron chi connectivity index (χ3n) is 4.05. The van der Waals surface area contributed by atoms with Crippen molar-refractivity contribution in [2.24, 2.45) is 11.3 Å². The molecule has 0 bridgehead atoms. The van der Waals surface area contributed by atoms with Gasteiger partial charge in [-0.2, -0.15) is 5.26 Å². The smallest absolute Gasteiger partial charge is 0.130 e. The lowest BCUT2D eigenvalue weighted by Gasteiger charge is -2.38. The van der Waals surface area contributed by atoms with Crippen molar-refractivity contribution >= 4 is 11.6 Å².